The molecule has 1 heterocycles. The van der Waals surface area contributed by atoms with E-state index in [1.165, 1.54) is 37.4 Å². The number of halogens is 1. The second-order valence-electron chi connectivity index (χ2n) is 10.6. The number of rotatable bonds is 7. The number of anilines is 1. The number of amides is 1. The fourth-order valence-corrected chi connectivity index (χ4v) is 6.04. The number of likely N-dealkylation sites (N-methyl/N-ethyl adjacent to an activating group) is 1. The number of nitrogens with one attached hydrogen (secondary N) is 1. The van der Waals surface area contributed by atoms with E-state index in [0.29, 0.717) is 30.9 Å². The summed E-state index contributed by atoms with van der Waals surface area (Å²) in [6, 6.07) is 17.2. The lowest BCUT2D eigenvalue weighted by Crippen LogP contribution is -2.46. The maximum absolute atomic E-state index is 14.6. The Labute approximate surface area is 247 Å². The first kappa shape index (κ1) is 31.3. The minimum absolute atomic E-state index is 0.0202. The highest BCUT2D eigenvalue weighted by molar-refractivity contribution is 7.92. The molecular formula is C31H38FN3O6S. The number of carbonyl (C=O) groups is 1. The lowest BCUT2D eigenvalue weighted by molar-refractivity contribution is 0.00904. The second-order valence-corrected chi connectivity index (χ2v) is 12.3. The van der Waals surface area contributed by atoms with Crippen LogP contribution in [0, 0.1) is 11.7 Å². The molecule has 1 N–H and O–H groups in total. The van der Waals surface area contributed by atoms with Crippen LogP contribution in [-0.4, -0.2) is 77.2 Å². The number of hydrogen-bond acceptors (Lipinski definition) is 7. The van der Waals surface area contributed by atoms with Crippen molar-refractivity contribution in [1.82, 2.24) is 9.80 Å². The van der Waals surface area contributed by atoms with Gasteiger partial charge in [0.05, 0.1) is 29.4 Å². The normalized spacial score (nSPS) is 20.6. The van der Waals surface area contributed by atoms with Crippen molar-refractivity contribution < 1.29 is 31.8 Å². The van der Waals surface area contributed by atoms with Crippen molar-refractivity contribution in [3.8, 4) is 11.5 Å². The van der Waals surface area contributed by atoms with Gasteiger partial charge in [-0.3, -0.25) is 14.4 Å². The Hall–Kier alpha value is -3.67. The third kappa shape index (κ3) is 7.39. The molecule has 3 aromatic carbocycles. The van der Waals surface area contributed by atoms with Crippen molar-refractivity contribution >= 4 is 21.6 Å². The minimum atomic E-state index is -3.95. The molecular weight excluding hydrogens is 561 g/mol. The first-order chi connectivity index (χ1) is 20.0. The summed E-state index contributed by atoms with van der Waals surface area (Å²) in [7, 11) is 0.817. The summed E-state index contributed by atoms with van der Waals surface area (Å²) in [4.78, 5) is 17.3. The van der Waals surface area contributed by atoms with Crippen molar-refractivity contribution in [2.75, 3.05) is 45.7 Å². The molecule has 0 unspecified atom stereocenters. The van der Waals surface area contributed by atoms with Gasteiger partial charge in [-0.15, -0.1) is 0 Å². The summed E-state index contributed by atoms with van der Waals surface area (Å²) < 4.78 is 60.6. The van der Waals surface area contributed by atoms with Crippen LogP contribution in [0.3, 0.4) is 0 Å². The van der Waals surface area contributed by atoms with Gasteiger partial charge in [0.15, 0.2) is 0 Å². The number of nitrogens with zero attached hydrogens (tertiary/aromatic N) is 2. The van der Waals surface area contributed by atoms with Crippen LogP contribution in [0.15, 0.2) is 71.6 Å². The number of ether oxygens (including phenoxy) is 3. The van der Waals surface area contributed by atoms with Crippen molar-refractivity contribution in [3.63, 3.8) is 0 Å². The largest absolute Gasteiger partial charge is 0.497 e. The van der Waals surface area contributed by atoms with Gasteiger partial charge in [0, 0.05) is 57.5 Å². The Bertz CT molecular complexity index is 1500. The Balaban J connectivity index is 1.67. The third-order valence-electron chi connectivity index (χ3n) is 7.51. The fraction of sp³-hybridized carbons (Fsp3) is 0.387. The Morgan fingerprint density at radius 2 is 1.79 bits per heavy atom. The monoisotopic (exact) mass is 599 g/mol. The topological polar surface area (TPSA) is 97.4 Å². The number of fused-ring (bicyclic) bond motifs is 1. The molecule has 0 spiro atoms. The van der Waals surface area contributed by atoms with Crippen molar-refractivity contribution in [1.29, 1.82) is 0 Å². The second kappa shape index (κ2) is 13.5. The summed E-state index contributed by atoms with van der Waals surface area (Å²) in [5, 5.41) is 0. The number of methoxy groups -OCH3 is 2. The summed E-state index contributed by atoms with van der Waals surface area (Å²) in [6.07, 6.45) is -0.271. The highest BCUT2D eigenvalue weighted by Gasteiger charge is 2.29. The molecule has 42 heavy (non-hydrogen) atoms. The zero-order valence-corrected chi connectivity index (χ0v) is 25.4. The van der Waals surface area contributed by atoms with Crippen molar-refractivity contribution in [2.45, 2.75) is 37.4 Å². The van der Waals surface area contributed by atoms with Crippen molar-refractivity contribution in [2.24, 2.45) is 5.92 Å². The van der Waals surface area contributed by atoms with E-state index >= 15 is 0 Å². The Morgan fingerprint density at radius 3 is 2.50 bits per heavy atom. The van der Waals surface area contributed by atoms with Crippen LogP contribution in [0.4, 0.5) is 10.1 Å². The molecule has 3 atom stereocenters. The van der Waals surface area contributed by atoms with E-state index in [9.17, 15) is 17.6 Å². The number of sulfonamides is 1. The fourth-order valence-electron chi connectivity index (χ4n) is 4.96. The molecule has 0 aliphatic carbocycles. The van der Waals surface area contributed by atoms with E-state index in [1.54, 1.807) is 49.4 Å². The highest BCUT2D eigenvalue weighted by atomic mass is 32.2. The van der Waals surface area contributed by atoms with Gasteiger partial charge in [-0.05, 0) is 43.2 Å². The molecule has 4 rings (SSSR count). The zero-order chi connectivity index (χ0) is 30.4. The van der Waals surface area contributed by atoms with Crippen LogP contribution < -0.4 is 14.2 Å². The van der Waals surface area contributed by atoms with E-state index in [0.717, 1.165) is 0 Å². The summed E-state index contributed by atoms with van der Waals surface area (Å²) in [5.41, 5.74) is 1.09. The molecule has 0 saturated heterocycles. The summed E-state index contributed by atoms with van der Waals surface area (Å²) in [6.45, 7) is 5.46. The average molecular weight is 600 g/mol. The van der Waals surface area contributed by atoms with E-state index in [-0.39, 0.29) is 58.3 Å². The Morgan fingerprint density at radius 1 is 1.02 bits per heavy atom. The molecule has 0 radical (unpaired) electrons. The smallest absolute Gasteiger partial charge is 0.262 e. The average Bonchev–Trinajstić information content (AvgIpc) is 2.98. The molecule has 0 saturated carbocycles. The SMILES string of the molecule is COc1cccc(S(=O)(=O)Nc2ccc3c(c2)OC[C@H](C)N(Cc2ccccc2F)C[C@@H](C)[C@H](OC)CN(C)C3=O)c1. The van der Waals surface area contributed by atoms with Crippen LogP contribution in [0.5, 0.6) is 11.5 Å². The van der Waals surface area contributed by atoms with Gasteiger partial charge in [-0.25, -0.2) is 12.8 Å². The van der Waals surface area contributed by atoms with Gasteiger partial charge < -0.3 is 19.1 Å². The lowest BCUT2D eigenvalue weighted by Gasteiger charge is -2.36. The molecule has 0 fully saturated rings. The van der Waals surface area contributed by atoms with Gasteiger partial charge in [0.2, 0.25) is 0 Å². The third-order valence-corrected chi connectivity index (χ3v) is 8.89. The predicted octanol–water partition coefficient (Wildman–Crippen LogP) is 4.64. The van der Waals surface area contributed by atoms with Crippen molar-refractivity contribution in [3.05, 3.63) is 83.7 Å². The van der Waals surface area contributed by atoms with Gasteiger partial charge in [0.1, 0.15) is 23.9 Å². The van der Waals surface area contributed by atoms with Crippen LogP contribution in [0.25, 0.3) is 0 Å². The van der Waals surface area contributed by atoms with Crippen LogP contribution >= 0.6 is 0 Å². The predicted molar refractivity (Wildman–Crippen MR) is 159 cm³/mol. The number of carbonyl (C=O) groups excluding carboxylic acids is 1. The molecule has 226 valence electrons. The van der Waals surface area contributed by atoms with E-state index in [4.69, 9.17) is 14.2 Å². The molecule has 1 amide bonds. The molecule has 1 aliphatic rings. The highest BCUT2D eigenvalue weighted by Crippen LogP contribution is 2.29. The van der Waals surface area contributed by atoms with E-state index in [1.807, 2.05) is 13.0 Å². The summed E-state index contributed by atoms with van der Waals surface area (Å²) >= 11 is 0. The first-order valence-corrected chi connectivity index (χ1v) is 15.2. The molecule has 1 aliphatic heterocycles. The van der Waals surface area contributed by atoms with Crippen LogP contribution in [-0.2, 0) is 21.3 Å². The number of benzene rings is 3. The standard InChI is InChI=1S/C31H38FN3O6S/c1-21-17-35(18-23-9-6-7-12-28(23)32)22(2)20-41-29-15-24(13-14-27(29)31(36)34(3)19-30(21)40-5)33-42(37,38)26-11-8-10-25(16-26)39-4/h6-16,21-22,30,33H,17-20H2,1-5H3/t21-,22+,30-/m1/s1. The van der Waals surface area contributed by atoms with Gasteiger partial charge in [-0.1, -0.05) is 31.2 Å². The van der Waals surface area contributed by atoms with E-state index in [2.05, 4.69) is 16.5 Å². The summed E-state index contributed by atoms with van der Waals surface area (Å²) in [5.74, 6) is 0.101. The maximum Gasteiger partial charge on any atom is 0.262 e. The van der Waals surface area contributed by atoms with E-state index < -0.39 is 10.0 Å². The van der Waals surface area contributed by atoms with Gasteiger partial charge >= 0.3 is 0 Å². The number of hydrogen-bond donors (Lipinski definition) is 1. The minimum Gasteiger partial charge on any atom is -0.497 e. The molecule has 11 heteroatoms. The van der Waals surface area contributed by atoms with Crippen LogP contribution in [0.1, 0.15) is 29.8 Å². The Kier molecular flexibility index (Phi) is 10.1. The molecule has 0 bridgehead atoms. The van der Waals surface area contributed by atoms with Crippen LogP contribution in [0.2, 0.25) is 0 Å². The maximum atomic E-state index is 14.6. The quantitative estimate of drug-likeness (QED) is 0.423. The molecule has 3 aromatic rings. The lowest BCUT2D eigenvalue weighted by atomic mass is 10.0. The van der Waals surface area contributed by atoms with Gasteiger partial charge in [0.25, 0.3) is 15.9 Å². The van der Waals surface area contributed by atoms with Gasteiger partial charge in [-0.2, -0.15) is 0 Å². The first-order valence-electron chi connectivity index (χ1n) is 13.7. The zero-order valence-electron chi connectivity index (χ0n) is 24.5. The molecule has 9 nitrogen and oxygen atoms in total. The molecule has 0 aromatic heterocycles.